The number of nitrogens with zero attached hydrogens (tertiary/aromatic N) is 2. The normalized spacial score (nSPS) is 12.6. The molecule has 2 heterocycles. The van der Waals surface area contributed by atoms with Crippen LogP contribution in [0.2, 0.25) is 0 Å². The molecule has 0 spiro atoms. The van der Waals surface area contributed by atoms with Crippen LogP contribution in [-0.2, 0) is 20.0 Å². The van der Waals surface area contributed by atoms with Gasteiger partial charge in [-0.3, -0.25) is 0 Å². The fraction of sp³-hybridized carbons (Fsp3) is 0.500. The van der Waals surface area contributed by atoms with Gasteiger partial charge < -0.3 is 10.1 Å². The Labute approximate surface area is 118 Å². The average molecular weight is 279 g/mol. The van der Waals surface area contributed by atoms with Crippen molar-refractivity contribution in [2.24, 2.45) is 7.05 Å². The molecule has 2 aromatic heterocycles. The van der Waals surface area contributed by atoms with Crippen LogP contribution in [-0.4, -0.2) is 22.9 Å². The number of nitrogens with one attached hydrogen (secondary N) is 1. The molecule has 0 amide bonds. The summed E-state index contributed by atoms with van der Waals surface area (Å²) in [4.78, 5) is 0. The minimum atomic E-state index is 0.430. The smallest absolute Gasteiger partial charge is 0.216 e. The molecule has 0 saturated carbocycles. The molecular weight excluding hydrogens is 258 g/mol. The molecule has 0 fully saturated rings. The lowest BCUT2D eigenvalue weighted by Crippen LogP contribution is -2.27. The van der Waals surface area contributed by atoms with E-state index < -0.39 is 0 Å². The predicted molar refractivity (Wildman–Crippen MR) is 78.8 cm³/mol. The highest BCUT2D eigenvalue weighted by atomic mass is 32.1. The molecule has 0 saturated heterocycles. The van der Waals surface area contributed by atoms with Crippen molar-refractivity contribution >= 4 is 11.3 Å². The Kier molecular flexibility index (Phi) is 4.61. The number of aryl methyl sites for hydroxylation is 2. The zero-order valence-corrected chi connectivity index (χ0v) is 12.8. The highest BCUT2D eigenvalue weighted by Crippen LogP contribution is 2.20. The largest absolute Gasteiger partial charge is 0.481 e. The Balaban J connectivity index is 1.95. The summed E-state index contributed by atoms with van der Waals surface area (Å²) in [6.07, 6.45) is 1.05. The van der Waals surface area contributed by atoms with Gasteiger partial charge in [0.15, 0.2) is 0 Å². The van der Waals surface area contributed by atoms with E-state index in [0.717, 1.165) is 30.1 Å². The lowest BCUT2D eigenvalue weighted by Gasteiger charge is -2.13. The van der Waals surface area contributed by atoms with Gasteiger partial charge in [0, 0.05) is 19.6 Å². The van der Waals surface area contributed by atoms with Crippen molar-refractivity contribution in [2.75, 3.05) is 7.11 Å². The van der Waals surface area contributed by atoms with Gasteiger partial charge in [0.05, 0.1) is 18.4 Å². The van der Waals surface area contributed by atoms with Gasteiger partial charge in [0.2, 0.25) is 5.88 Å². The Hall–Kier alpha value is -1.33. The monoisotopic (exact) mass is 279 g/mol. The van der Waals surface area contributed by atoms with Gasteiger partial charge in [-0.15, -0.1) is 0 Å². The lowest BCUT2D eigenvalue weighted by atomic mass is 10.1. The zero-order chi connectivity index (χ0) is 13.8. The van der Waals surface area contributed by atoms with Crippen molar-refractivity contribution in [2.45, 2.75) is 32.9 Å². The number of hydrogen-bond acceptors (Lipinski definition) is 4. The molecule has 104 valence electrons. The number of rotatable bonds is 6. The van der Waals surface area contributed by atoms with Crippen molar-refractivity contribution in [3.05, 3.63) is 33.6 Å². The van der Waals surface area contributed by atoms with Gasteiger partial charge in [-0.25, -0.2) is 4.68 Å². The van der Waals surface area contributed by atoms with Gasteiger partial charge in [-0.1, -0.05) is 0 Å². The summed E-state index contributed by atoms with van der Waals surface area (Å²) < 4.78 is 7.18. The third-order valence-electron chi connectivity index (χ3n) is 3.23. The Bertz CT molecular complexity index is 519. The number of hydrogen-bond donors (Lipinski definition) is 1. The van der Waals surface area contributed by atoms with Crippen LogP contribution < -0.4 is 10.1 Å². The summed E-state index contributed by atoms with van der Waals surface area (Å²) in [5, 5.41) is 12.3. The molecule has 0 radical (unpaired) electrons. The molecule has 1 atom stereocenters. The lowest BCUT2D eigenvalue weighted by molar-refractivity contribution is 0.367. The fourth-order valence-electron chi connectivity index (χ4n) is 2.25. The number of thiophene rings is 1. The second-order valence-corrected chi connectivity index (χ2v) is 5.59. The summed E-state index contributed by atoms with van der Waals surface area (Å²) >= 11 is 1.75. The minimum absolute atomic E-state index is 0.430. The first-order valence-corrected chi connectivity index (χ1v) is 7.37. The summed E-state index contributed by atoms with van der Waals surface area (Å²) in [6, 6.07) is 2.61. The van der Waals surface area contributed by atoms with E-state index >= 15 is 0 Å². The van der Waals surface area contributed by atoms with Crippen LogP contribution in [0.15, 0.2) is 16.8 Å². The van der Waals surface area contributed by atoms with Gasteiger partial charge in [0.1, 0.15) is 0 Å². The molecule has 1 N–H and O–H groups in total. The molecule has 1 unspecified atom stereocenters. The third kappa shape index (κ3) is 3.36. The van der Waals surface area contributed by atoms with Gasteiger partial charge >= 0.3 is 0 Å². The highest BCUT2D eigenvalue weighted by molar-refractivity contribution is 7.07. The molecule has 2 aromatic rings. The molecule has 0 aliphatic carbocycles. The molecule has 0 aliphatic rings. The number of ether oxygens (including phenoxy) is 1. The van der Waals surface area contributed by atoms with Gasteiger partial charge in [0.25, 0.3) is 0 Å². The molecular formula is C14H21N3OS. The second kappa shape index (κ2) is 6.21. The predicted octanol–water partition coefficient (Wildman–Crippen LogP) is 2.52. The van der Waals surface area contributed by atoms with Crippen LogP contribution in [0, 0.1) is 6.92 Å². The highest BCUT2D eigenvalue weighted by Gasteiger charge is 2.14. The van der Waals surface area contributed by atoms with Crippen molar-refractivity contribution < 1.29 is 4.74 Å². The summed E-state index contributed by atoms with van der Waals surface area (Å²) in [5.74, 6) is 0.840. The average Bonchev–Trinajstić information content (AvgIpc) is 2.94. The van der Waals surface area contributed by atoms with Crippen molar-refractivity contribution in [3.63, 3.8) is 0 Å². The Morgan fingerprint density at radius 2 is 2.32 bits per heavy atom. The summed E-state index contributed by atoms with van der Waals surface area (Å²) in [6.45, 7) is 5.01. The first-order valence-electron chi connectivity index (χ1n) is 6.42. The number of aromatic nitrogens is 2. The van der Waals surface area contributed by atoms with Crippen molar-refractivity contribution in [1.82, 2.24) is 15.1 Å². The maximum absolute atomic E-state index is 5.40. The van der Waals surface area contributed by atoms with E-state index in [1.54, 1.807) is 23.1 Å². The van der Waals surface area contributed by atoms with Gasteiger partial charge in [-0.2, -0.15) is 16.4 Å². The Morgan fingerprint density at radius 1 is 1.53 bits per heavy atom. The maximum atomic E-state index is 5.40. The topological polar surface area (TPSA) is 39.1 Å². The first kappa shape index (κ1) is 14.1. The van der Waals surface area contributed by atoms with Crippen LogP contribution in [0.1, 0.15) is 23.7 Å². The van der Waals surface area contributed by atoms with E-state index in [4.69, 9.17) is 4.74 Å². The first-order chi connectivity index (χ1) is 9.11. The number of methoxy groups -OCH3 is 1. The van der Waals surface area contributed by atoms with E-state index in [2.05, 4.69) is 34.2 Å². The zero-order valence-electron chi connectivity index (χ0n) is 11.9. The van der Waals surface area contributed by atoms with E-state index in [1.807, 2.05) is 14.0 Å². The van der Waals surface area contributed by atoms with Crippen molar-refractivity contribution in [3.8, 4) is 5.88 Å². The van der Waals surface area contributed by atoms with Crippen LogP contribution in [0.5, 0.6) is 5.88 Å². The van der Waals surface area contributed by atoms with Gasteiger partial charge in [-0.05, 0) is 42.7 Å². The van der Waals surface area contributed by atoms with Crippen LogP contribution >= 0.6 is 11.3 Å². The quantitative estimate of drug-likeness (QED) is 0.883. The molecule has 4 nitrogen and oxygen atoms in total. The minimum Gasteiger partial charge on any atom is -0.481 e. The van der Waals surface area contributed by atoms with Crippen LogP contribution in [0.4, 0.5) is 0 Å². The van der Waals surface area contributed by atoms with E-state index in [1.165, 1.54) is 5.56 Å². The van der Waals surface area contributed by atoms with Crippen LogP contribution in [0.3, 0.4) is 0 Å². The third-order valence-corrected chi connectivity index (χ3v) is 3.96. The van der Waals surface area contributed by atoms with Crippen molar-refractivity contribution in [1.29, 1.82) is 0 Å². The Morgan fingerprint density at radius 3 is 2.95 bits per heavy atom. The SMILES string of the molecule is COc1c(CNC(C)Cc2ccsc2)c(C)nn1C. The fourth-order valence-corrected chi connectivity index (χ4v) is 2.93. The molecule has 0 aromatic carbocycles. The van der Waals surface area contributed by atoms with Crippen LogP contribution in [0.25, 0.3) is 0 Å². The molecule has 2 rings (SSSR count). The standard InChI is InChI=1S/C14H21N3OS/c1-10(7-12-5-6-19-9-12)15-8-13-11(2)16-17(3)14(13)18-4/h5-6,9-10,15H,7-8H2,1-4H3. The van der Waals surface area contributed by atoms with E-state index in [9.17, 15) is 0 Å². The molecule has 0 bridgehead atoms. The second-order valence-electron chi connectivity index (χ2n) is 4.81. The maximum Gasteiger partial charge on any atom is 0.216 e. The molecule has 0 aliphatic heterocycles. The molecule has 19 heavy (non-hydrogen) atoms. The van der Waals surface area contributed by atoms with E-state index in [0.29, 0.717) is 6.04 Å². The molecule has 5 heteroatoms. The summed E-state index contributed by atoms with van der Waals surface area (Å²) in [7, 11) is 3.60. The summed E-state index contributed by atoms with van der Waals surface area (Å²) in [5.41, 5.74) is 3.55. The van der Waals surface area contributed by atoms with E-state index in [-0.39, 0.29) is 0 Å².